The fourth-order valence-corrected chi connectivity index (χ4v) is 1.67. The van der Waals surface area contributed by atoms with Crippen molar-refractivity contribution in [2.24, 2.45) is 0 Å². The summed E-state index contributed by atoms with van der Waals surface area (Å²) in [5, 5.41) is 7.67. The molecule has 0 amide bonds. The first-order valence-electron chi connectivity index (χ1n) is 5.75. The van der Waals surface area contributed by atoms with Crippen molar-refractivity contribution < 1.29 is 9.21 Å². The molecule has 0 saturated carbocycles. The van der Waals surface area contributed by atoms with Gasteiger partial charge in [-0.2, -0.15) is 0 Å². The van der Waals surface area contributed by atoms with Crippen molar-refractivity contribution in [2.45, 2.75) is 32.7 Å². The van der Waals surface area contributed by atoms with Crippen LogP contribution in [0.25, 0.3) is 0 Å². The van der Waals surface area contributed by atoms with E-state index in [0.29, 0.717) is 18.5 Å². The van der Waals surface area contributed by atoms with Crippen molar-refractivity contribution in [3.8, 4) is 0 Å². The van der Waals surface area contributed by atoms with E-state index in [9.17, 15) is 4.79 Å². The second kappa shape index (κ2) is 5.43. The van der Waals surface area contributed by atoms with Crippen molar-refractivity contribution in [1.82, 2.24) is 15.0 Å². The number of nitrogens with zero attached hydrogens (tertiary/aromatic N) is 3. The summed E-state index contributed by atoms with van der Waals surface area (Å²) in [6.07, 6.45) is 5.11. The highest BCUT2D eigenvalue weighted by Gasteiger charge is 2.13. The Bertz CT molecular complexity index is 474. The van der Waals surface area contributed by atoms with Crippen LogP contribution in [0, 0.1) is 0 Å². The first-order valence-corrected chi connectivity index (χ1v) is 5.75. The monoisotopic (exact) mass is 233 g/mol. The Labute approximate surface area is 99.4 Å². The molecule has 2 rings (SSSR count). The van der Waals surface area contributed by atoms with Gasteiger partial charge in [0.15, 0.2) is 5.78 Å². The minimum atomic E-state index is 0.0554. The molecule has 0 N–H and O–H groups in total. The van der Waals surface area contributed by atoms with Crippen LogP contribution < -0.4 is 0 Å². The predicted molar refractivity (Wildman–Crippen MR) is 61.7 cm³/mol. The predicted octanol–water partition coefficient (Wildman–Crippen LogP) is 2.10. The van der Waals surface area contributed by atoms with Crippen molar-refractivity contribution in [3.63, 3.8) is 0 Å². The number of Topliss-reactive ketones (excluding diaryl/α,β-unsaturated/α-hetero) is 1. The third kappa shape index (κ3) is 2.81. The maximum Gasteiger partial charge on any atom is 0.182 e. The number of rotatable bonds is 6. The number of carbonyl (C=O) groups excluding carboxylic acids is 1. The van der Waals surface area contributed by atoms with E-state index >= 15 is 0 Å². The van der Waals surface area contributed by atoms with Crippen molar-refractivity contribution in [3.05, 3.63) is 36.0 Å². The van der Waals surface area contributed by atoms with Crippen LogP contribution in [0.3, 0.4) is 0 Å². The second-order valence-corrected chi connectivity index (χ2v) is 3.84. The number of carbonyl (C=O) groups is 1. The summed E-state index contributed by atoms with van der Waals surface area (Å²) in [5.41, 5.74) is 0.582. The summed E-state index contributed by atoms with van der Waals surface area (Å²) in [7, 11) is 0. The Morgan fingerprint density at radius 2 is 2.41 bits per heavy atom. The summed E-state index contributed by atoms with van der Waals surface area (Å²) in [4.78, 5) is 12.0. The highest BCUT2D eigenvalue weighted by atomic mass is 16.3. The van der Waals surface area contributed by atoms with E-state index < -0.39 is 0 Å². The lowest BCUT2D eigenvalue weighted by Gasteiger charge is -2.02. The molecule has 0 aromatic carbocycles. The zero-order valence-corrected chi connectivity index (χ0v) is 9.80. The first-order chi connectivity index (χ1) is 8.31. The average Bonchev–Trinajstić information content (AvgIpc) is 2.97. The van der Waals surface area contributed by atoms with E-state index in [0.717, 1.165) is 18.7 Å². The lowest BCUT2D eigenvalue weighted by Crippen LogP contribution is -2.11. The first kappa shape index (κ1) is 11.6. The zero-order chi connectivity index (χ0) is 12.1. The van der Waals surface area contributed by atoms with Gasteiger partial charge in [-0.1, -0.05) is 12.1 Å². The number of furan rings is 1. The van der Waals surface area contributed by atoms with Gasteiger partial charge < -0.3 is 4.42 Å². The Morgan fingerprint density at radius 3 is 3.12 bits per heavy atom. The van der Waals surface area contributed by atoms with E-state index in [1.54, 1.807) is 10.9 Å². The smallest absolute Gasteiger partial charge is 0.182 e. The third-order valence-electron chi connectivity index (χ3n) is 2.52. The van der Waals surface area contributed by atoms with Crippen LogP contribution in [0.2, 0.25) is 0 Å². The fraction of sp³-hybridized carbons (Fsp3) is 0.417. The van der Waals surface area contributed by atoms with Gasteiger partial charge in [0.2, 0.25) is 0 Å². The third-order valence-corrected chi connectivity index (χ3v) is 2.52. The Kier molecular flexibility index (Phi) is 3.69. The molecule has 0 aliphatic carbocycles. The van der Waals surface area contributed by atoms with Crippen LogP contribution in [0.4, 0.5) is 0 Å². The maximum absolute atomic E-state index is 12.0. The van der Waals surface area contributed by atoms with Crippen LogP contribution in [-0.4, -0.2) is 20.8 Å². The average molecular weight is 233 g/mol. The Morgan fingerprint density at radius 1 is 1.53 bits per heavy atom. The number of hydrogen-bond donors (Lipinski definition) is 0. The summed E-state index contributed by atoms with van der Waals surface area (Å²) < 4.78 is 6.85. The second-order valence-electron chi connectivity index (χ2n) is 3.84. The molecular formula is C12H15N3O2. The van der Waals surface area contributed by atoms with Gasteiger partial charge in [0.25, 0.3) is 0 Å². The molecule has 0 fully saturated rings. The molecule has 0 aliphatic rings. The van der Waals surface area contributed by atoms with Gasteiger partial charge in [0.1, 0.15) is 11.5 Å². The molecule has 2 heterocycles. The van der Waals surface area contributed by atoms with Crippen LogP contribution in [0.5, 0.6) is 0 Å². The molecule has 0 bridgehead atoms. The van der Waals surface area contributed by atoms with Crippen LogP contribution in [0.1, 0.15) is 36.0 Å². The Balaban J connectivity index is 1.97. The lowest BCUT2D eigenvalue weighted by molar-refractivity contribution is 0.0970. The van der Waals surface area contributed by atoms with Gasteiger partial charge in [-0.25, -0.2) is 4.68 Å². The minimum absolute atomic E-state index is 0.0554. The topological polar surface area (TPSA) is 60.9 Å². The summed E-state index contributed by atoms with van der Waals surface area (Å²) in [5.74, 6) is 0.882. The molecule has 2 aromatic rings. The molecule has 0 spiro atoms. The van der Waals surface area contributed by atoms with E-state index in [4.69, 9.17) is 4.42 Å². The molecule has 5 nitrogen and oxygen atoms in total. The molecule has 0 atom stereocenters. The summed E-state index contributed by atoms with van der Waals surface area (Å²) in [6, 6.07) is 3.69. The molecule has 0 unspecified atom stereocenters. The van der Waals surface area contributed by atoms with Gasteiger partial charge in [0, 0.05) is 19.4 Å². The Hall–Kier alpha value is -1.91. The SMILES string of the molecule is CCCn1nncc1C(=O)CCc1ccco1. The van der Waals surface area contributed by atoms with Gasteiger partial charge >= 0.3 is 0 Å². The highest BCUT2D eigenvalue weighted by molar-refractivity contribution is 5.94. The van der Waals surface area contributed by atoms with E-state index in [-0.39, 0.29) is 5.78 Å². The van der Waals surface area contributed by atoms with Crippen molar-refractivity contribution in [1.29, 1.82) is 0 Å². The van der Waals surface area contributed by atoms with Gasteiger partial charge in [-0.05, 0) is 18.6 Å². The molecule has 0 saturated heterocycles. The normalized spacial score (nSPS) is 10.6. The number of aromatic nitrogens is 3. The zero-order valence-electron chi connectivity index (χ0n) is 9.80. The largest absolute Gasteiger partial charge is 0.469 e. The van der Waals surface area contributed by atoms with Gasteiger partial charge in [0.05, 0.1) is 12.5 Å². The van der Waals surface area contributed by atoms with Crippen LogP contribution >= 0.6 is 0 Å². The lowest BCUT2D eigenvalue weighted by atomic mass is 10.1. The molecule has 0 aliphatic heterocycles. The van der Waals surface area contributed by atoms with Crippen molar-refractivity contribution >= 4 is 5.78 Å². The quantitative estimate of drug-likeness (QED) is 0.717. The van der Waals surface area contributed by atoms with Gasteiger partial charge in [-0.15, -0.1) is 5.10 Å². The van der Waals surface area contributed by atoms with E-state index in [1.165, 1.54) is 6.20 Å². The number of ketones is 1. The van der Waals surface area contributed by atoms with Crippen LogP contribution in [-0.2, 0) is 13.0 Å². The molecule has 0 radical (unpaired) electrons. The van der Waals surface area contributed by atoms with Gasteiger partial charge in [-0.3, -0.25) is 4.79 Å². The number of hydrogen-bond acceptors (Lipinski definition) is 4. The minimum Gasteiger partial charge on any atom is -0.469 e. The van der Waals surface area contributed by atoms with E-state index in [2.05, 4.69) is 10.3 Å². The van der Waals surface area contributed by atoms with Crippen molar-refractivity contribution in [2.75, 3.05) is 0 Å². The molecule has 2 aromatic heterocycles. The maximum atomic E-state index is 12.0. The molecule has 90 valence electrons. The number of aryl methyl sites for hydroxylation is 2. The highest BCUT2D eigenvalue weighted by Crippen LogP contribution is 2.08. The fourth-order valence-electron chi connectivity index (χ4n) is 1.67. The summed E-state index contributed by atoms with van der Waals surface area (Å²) >= 11 is 0. The van der Waals surface area contributed by atoms with E-state index in [1.807, 2.05) is 19.1 Å². The van der Waals surface area contributed by atoms with Crippen LogP contribution in [0.15, 0.2) is 29.0 Å². The molecular weight excluding hydrogens is 218 g/mol. The standard InChI is InChI=1S/C12H15N3O2/c1-2-7-15-11(9-13-14-15)12(16)6-5-10-4-3-8-17-10/h3-4,8-9H,2,5-7H2,1H3. The molecule has 5 heteroatoms. The summed E-state index contributed by atoms with van der Waals surface area (Å²) in [6.45, 7) is 2.76. The molecule has 17 heavy (non-hydrogen) atoms.